The lowest BCUT2D eigenvalue weighted by atomic mass is 10.2. The first-order chi connectivity index (χ1) is 12.1. The number of para-hydroxylation sites is 1. The van der Waals surface area contributed by atoms with Crippen LogP contribution in [0.15, 0.2) is 65.4 Å². The van der Waals surface area contributed by atoms with Crippen molar-refractivity contribution in [2.24, 2.45) is 0 Å². The molecule has 0 fully saturated rings. The maximum Gasteiger partial charge on any atom is 0.265 e. The third kappa shape index (κ3) is 4.03. The summed E-state index contributed by atoms with van der Waals surface area (Å²) < 4.78 is 10.8. The van der Waals surface area contributed by atoms with Gasteiger partial charge >= 0.3 is 0 Å². The normalized spacial score (nSPS) is 10.7. The van der Waals surface area contributed by atoms with Gasteiger partial charge in [-0.1, -0.05) is 18.2 Å². The molecule has 0 spiro atoms. The average molecular weight is 337 g/mol. The number of rotatable bonds is 6. The van der Waals surface area contributed by atoms with Gasteiger partial charge in [-0.25, -0.2) is 0 Å². The van der Waals surface area contributed by atoms with Crippen LogP contribution < -0.4 is 9.64 Å². The van der Waals surface area contributed by atoms with Crippen molar-refractivity contribution >= 4 is 11.6 Å². The number of carbonyl (C=O) groups excluding carboxylic acids is 1. The molecule has 6 nitrogen and oxygen atoms in total. The molecule has 0 radical (unpaired) electrons. The number of aromatic nitrogens is 2. The Morgan fingerprint density at radius 2 is 1.84 bits per heavy atom. The summed E-state index contributed by atoms with van der Waals surface area (Å²) in [5, 5.41) is 7.50. The molecule has 0 aliphatic rings. The van der Waals surface area contributed by atoms with E-state index in [1.54, 1.807) is 17.0 Å². The Bertz CT molecular complexity index is 800. The summed E-state index contributed by atoms with van der Waals surface area (Å²) >= 11 is 0. The molecule has 6 heteroatoms. The third-order valence-corrected chi connectivity index (χ3v) is 3.64. The van der Waals surface area contributed by atoms with Gasteiger partial charge in [-0.15, -0.1) is 10.2 Å². The van der Waals surface area contributed by atoms with Crippen LogP contribution >= 0.6 is 0 Å². The lowest BCUT2D eigenvalue weighted by Gasteiger charge is -2.26. The smallest absolute Gasteiger partial charge is 0.265 e. The van der Waals surface area contributed by atoms with Crippen molar-refractivity contribution in [3.8, 4) is 17.2 Å². The van der Waals surface area contributed by atoms with E-state index in [0.717, 1.165) is 11.3 Å². The summed E-state index contributed by atoms with van der Waals surface area (Å²) in [7, 11) is 0. The summed E-state index contributed by atoms with van der Waals surface area (Å²) in [5.74, 6) is 0.952. The third-order valence-electron chi connectivity index (χ3n) is 3.64. The van der Waals surface area contributed by atoms with E-state index >= 15 is 0 Å². The molecule has 1 aromatic heterocycles. The number of carbonyl (C=O) groups is 1. The van der Waals surface area contributed by atoms with Crippen molar-refractivity contribution < 1.29 is 13.9 Å². The van der Waals surface area contributed by atoms with Crippen molar-refractivity contribution in [2.45, 2.75) is 19.9 Å². The number of benzene rings is 2. The van der Waals surface area contributed by atoms with E-state index in [-0.39, 0.29) is 18.6 Å². The zero-order valence-electron chi connectivity index (χ0n) is 14.1. The van der Waals surface area contributed by atoms with E-state index < -0.39 is 0 Å². The SMILES string of the molecule is CC(C)N(C(=O)COc1ccc(-c2nnco2)cc1)c1ccccc1. The first-order valence-electron chi connectivity index (χ1n) is 8.01. The number of ether oxygens (including phenoxy) is 1. The van der Waals surface area contributed by atoms with E-state index in [9.17, 15) is 4.79 Å². The zero-order valence-corrected chi connectivity index (χ0v) is 14.1. The molecular formula is C19H19N3O3. The van der Waals surface area contributed by atoms with Gasteiger partial charge in [-0.05, 0) is 50.2 Å². The van der Waals surface area contributed by atoms with Gasteiger partial charge in [0, 0.05) is 17.3 Å². The summed E-state index contributed by atoms with van der Waals surface area (Å²) in [6, 6.07) is 16.8. The molecular weight excluding hydrogens is 318 g/mol. The fraction of sp³-hybridized carbons (Fsp3) is 0.211. The van der Waals surface area contributed by atoms with E-state index in [4.69, 9.17) is 9.15 Å². The molecule has 1 amide bonds. The van der Waals surface area contributed by atoms with E-state index in [2.05, 4.69) is 10.2 Å². The number of nitrogens with zero attached hydrogens (tertiary/aromatic N) is 3. The Balaban J connectivity index is 1.65. The number of anilines is 1. The van der Waals surface area contributed by atoms with E-state index in [0.29, 0.717) is 11.6 Å². The minimum absolute atomic E-state index is 0.0347. The van der Waals surface area contributed by atoms with Crippen LogP contribution in [0.25, 0.3) is 11.5 Å². The molecule has 3 rings (SSSR count). The highest BCUT2D eigenvalue weighted by molar-refractivity contribution is 5.94. The van der Waals surface area contributed by atoms with Crippen molar-refractivity contribution in [3.63, 3.8) is 0 Å². The van der Waals surface area contributed by atoms with Crippen LogP contribution in [0.1, 0.15) is 13.8 Å². The van der Waals surface area contributed by atoms with E-state index in [1.165, 1.54) is 6.39 Å². The van der Waals surface area contributed by atoms with Gasteiger partial charge in [0.2, 0.25) is 12.3 Å². The maximum atomic E-state index is 12.6. The lowest BCUT2D eigenvalue weighted by molar-refractivity contribution is -0.120. The predicted octanol–water partition coefficient (Wildman–Crippen LogP) is 3.56. The summed E-state index contributed by atoms with van der Waals surface area (Å²) in [6.07, 6.45) is 1.28. The Kier molecular flexibility index (Phi) is 5.09. The second-order valence-corrected chi connectivity index (χ2v) is 5.75. The van der Waals surface area contributed by atoms with Gasteiger partial charge in [-0.2, -0.15) is 0 Å². The molecule has 1 heterocycles. The van der Waals surface area contributed by atoms with Crippen molar-refractivity contribution in [2.75, 3.05) is 11.5 Å². The Morgan fingerprint density at radius 3 is 2.44 bits per heavy atom. The molecule has 2 aromatic carbocycles. The standard InChI is InChI=1S/C19H19N3O3/c1-14(2)22(16-6-4-3-5-7-16)18(23)12-24-17-10-8-15(9-11-17)19-21-20-13-25-19/h3-11,13-14H,12H2,1-2H3. The number of hydrogen-bond donors (Lipinski definition) is 0. The summed E-state index contributed by atoms with van der Waals surface area (Å²) in [5.41, 5.74) is 1.65. The molecule has 0 bridgehead atoms. The lowest BCUT2D eigenvalue weighted by Crippen LogP contribution is -2.40. The minimum atomic E-state index is -0.0952. The number of amides is 1. The fourth-order valence-electron chi connectivity index (χ4n) is 2.53. The first-order valence-corrected chi connectivity index (χ1v) is 8.01. The van der Waals surface area contributed by atoms with E-state index in [1.807, 2.05) is 56.3 Å². The van der Waals surface area contributed by atoms with Crippen LogP contribution in [0, 0.1) is 0 Å². The number of hydrogen-bond acceptors (Lipinski definition) is 5. The average Bonchev–Trinajstić information content (AvgIpc) is 3.16. The van der Waals surface area contributed by atoms with Gasteiger partial charge in [-0.3, -0.25) is 4.79 Å². The van der Waals surface area contributed by atoms with Crippen LogP contribution in [-0.2, 0) is 4.79 Å². The second-order valence-electron chi connectivity index (χ2n) is 5.75. The van der Waals surface area contributed by atoms with Gasteiger partial charge in [0.15, 0.2) is 6.61 Å². The fourth-order valence-corrected chi connectivity index (χ4v) is 2.53. The van der Waals surface area contributed by atoms with Crippen LogP contribution in [0.2, 0.25) is 0 Å². The van der Waals surface area contributed by atoms with Crippen molar-refractivity contribution in [1.82, 2.24) is 10.2 Å². The topological polar surface area (TPSA) is 68.5 Å². The molecule has 3 aromatic rings. The monoisotopic (exact) mass is 337 g/mol. The van der Waals surface area contributed by atoms with Crippen LogP contribution in [0.5, 0.6) is 5.75 Å². The molecule has 0 saturated carbocycles. The molecule has 25 heavy (non-hydrogen) atoms. The summed E-state index contributed by atoms with van der Waals surface area (Å²) in [6.45, 7) is 3.92. The molecule has 0 aliphatic heterocycles. The van der Waals surface area contributed by atoms with Gasteiger partial charge in [0.1, 0.15) is 5.75 Å². The predicted molar refractivity (Wildman–Crippen MR) is 94.3 cm³/mol. The Labute approximate surface area is 146 Å². The quantitative estimate of drug-likeness (QED) is 0.688. The molecule has 0 N–H and O–H groups in total. The largest absolute Gasteiger partial charge is 0.484 e. The first kappa shape index (κ1) is 16.7. The molecule has 0 atom stereocenters. The zero-order chi connectivity index (χ0) is 17.6. The van der Waals surface area contributed by atoms with Crippen molar-refractivity contribution in [3.05, 3.63) is 61.0 Å². The maximum absolute atomic E-state index is 12.6. The Morgan fingerprint density at radius 1 is 1.12 bits per heavy atom. The second kappa shape index (κ2) is 7.61. The minimum Gasteiger partial charge on any atom is -0.484 e. The van der Waals surface area contributed by atoms with Gasteiger partial charge in [0.05, 0.1) is 0 Å². The molecule has 0 aliphatic carbocycles. The van der Waals surface area contributed by atoms with Gasteiger partial charge in [0.25, 0.3) is 5.91 Å². The molecule has 0 saturated heterocycles. The van der Waals surface area contributed by atoms with Crippen LogP contribution in [0.3, 0.4) is 0 Å². The molecule has 128 valence electrons. The van der Waals surface area contributed by atoms with Crippen molar-refractivity contribution in [1.29, 1.82) is 0 Å². The molecule has 0 unspecified atom stereocenters. The van der Waals surface area contributed by atoms with Crippen LogP contribution in [0.4, 0.5) is 5.69 Å². The highest BCUT2D eigenvalue weighted by Gasteiger charge is 2.19. The van der Waals surface area contributed by atoms with Gasteiger partial charge < -0.3 is 14.1 Å². The summed E-state index contributed by atoms with van der Waals surface area (Å²) in [4.78, 5) is 14.3. The Hall–Kier alpha value is -3.15. The highest BCUT2D eigenvalue weighted by Crippen LogP contribution is 2.21. The van der Waals surface area contributed by atoms with Crippen LogP contribution in [-0.4, -0.2) is 28.8 Å². The highest BCUT2D eigenvalue weighted by atomic mass is 16.5.